The van der Waals surface area contributed by atoms with E-state index in [9.17, 15) is 19.2 Å². The number of hydrogen-bond donors (Lipinski definition) is 3. The van der Waals surface area contributed by atoms with E-state index in [-0.39, 0.29) is 24.3 Å². The van der Waals surface area contributed by atoms with Crippen LogP contribution in [0.25, 0.3) is 0 Å². The molecular weight excluding hydrogens is 578 g/mol. The summed E-state index contributed by atoms with van der Waals surface area (Å²) in [5.74, 6) is -0.207. The molecule has 0 rings (SSSR count). The van der Waals surface area contributed by atoms with Crippen LogP contribution in [-0.4, -0.2) is 96.5 Å². The zero-order valence-electron chi connectivity index (χ0n) is 28.3. The fourth-order valence-electron chi connectivity index (χ4n) is 4.61. The van der Waals surface area contributed by atoms with Gasteiger partial charge in [0.2, 0.25) is 17.7 Å². The Morgan fingerprint density at radius 3 is 1.42 bits per heavy atom. The summed E-state index contributed by atoms with van der Waals surface area (Å²) >= 11 is 0. The molecule has 3 amide bonds. The Hall–Kier alpha value is -2.08. The molecule has 0 aromatic heterocycles. The van der Waals surface area contributed by atoms with Crippen molar-refractivity contribution >= 4 is 24.0 Å². The lowest BCUT2D eigenvalue weighted by Crippen LogP contribution is -2.31. The Bertz CT molecular complexity index is 696. The number of nitrogens with one attached hydrogen (secondary N) is 3. The van der Waals surface area contributed by atoms with Gasteiger partial charge in [-0.3, -0.25) is 14.4 Å². The van der Waals surface area contributed by atoms with Gasteiger partial charge in [0.25, 0.3) is 0 Å². The molecule has 0 unspecified atom stereocenters. The third kappa shape index (κ3) is 36.3. The molecule has 0 aromatic carbocycles. The first-order chi connectivity index (χ1) is 22.1. The van der Waals surface area contributed by atoms with Gasteiger partial charge in [-0.25, -0.2) is 0 Å². The van der Waals surface area contributed by atoms with Crippen molar-refractivity contribution in [3.8, 4) is 0 Å². The first kappa shape index (κ1) is 42.9. The molecule has 0 saturated heterocycles. The number of carbonyl (C=O) groups excluding carboxylic acids is 4. The summed E-state index contributed by atoms with van der Waals surface area (Å²) in [6.45, 7) is 6.36. The van der Waals surface area contributed by atoms with Crippen molar-refractivity contribution in [1.82, 2.24) is 16.0 Å². The smallest absolute Gasteiger partial charge is 0.246 e. The molecule has 45 heavy (non-hydrogen) atoms. The van der Waals surface area contributed by atoms with E-state index in [1.165, 1.54) is 70.6 Å². The summed E-state index contributed by atoms with van der Waals surface area (Å²) in [5, 5.41) is 8.41. The van der Waals surface area contributed by atoms with Crippen molar-refractivity contribution < 1.29 is 38.1 Å². The Labute approximate surface area is 273 Å². The molecule has 0 spiro atoms. The molecule has 0 aliphatic rings. The number of ether oxygens (including phenoxy) is 4. The molecule has 0 radical (unpaired) electrons. The van der Waals surface area contributed by atoms with Gasteiger partial charge in [-0.1, -0.05) is 77.0 Å². The highest BCUT2D eigenvalue weighted by Crippen LogP contribution is 2.13. The molecule has 11 nitrogen and oxygen atoms in total. The highest BCUT2D eigenvalue weighted by atomic mass is 16.5. The zero-order valence-corrected chi connectivity index (χ0v) is 28.3. The maximum atomic E-state index is 12.0. The molecule has 0 aliphatic heterocycles. The summed E-state index contributed by atoms with van der Waals surface area (Å²) < 4.78 is 21.1. The van der Waals surface area contributed by atoms with Gasteiger partial charge in [0.1, 0.15) is 12.9 Å². The number of amides is 3. The quantitative estimate of drug-likeness (QED) is 0.0663. The number of rotatable bonds is 36. The first-order valence-electron chi connectivity index (χ1n) is 17.6. The van der Waals surface area contributed by atoms with E-state index < -0.39 is 0 Å². The predicted octanol–water partition coefficient (Wildman–Crippen LogP) is 4.64. The number of hydrogen-bond acceptors (Lipinski definition) is 8. The monoisotopic (exact) mass is 643 g/mol. The molecule has 0 heterocycles. The fraction of sp³-hybridized carbons (Fsp3) is 0.882. The molecule has 0 fully saturated rings. The minimum absolute atomic E-state index is 0.0381. The first-order valence-corrected chi connectivity index (χ1v) is 17.6. The van der Waals surface area contributed by atoms with Crippen LogP contribution < -0.4 is 16.0 Å². The molecule has 0 atom stereocenters. The standard InChI is InChI=1S/C34H65N3O8/c1-2-42-27-28-43-26-23-37-34(41)31-45-30-29-44-25-22-36-33(40)20-18-21-35-32(39)19-16-14-12-10-8-6-4-3-5-7-9-11-13-15-17-24-38/h24H,2-23,25-31H2,1H3,(H,35,39)(H,36,40)(H,37,41). The topological polar surface area (TPSA) is 141 Å². The van der Waals surface area contributed by atoms with Crippen LogP contribution in [-0.2, 0) is 38.1 Å². The van der Waals surface area contributed by atoms with Crippen molar-refractivity contribution in [1.29, 1.82) is 0 Å². The molecule has 0 aromatic rings. The maximum absolute atomic E-state index is 12.0. The van der Waals surface area contributed by atoms with Crippen LogP contribution in [0.2, 0.25) is 0 Å². The highest BCUT2D eigenvalue weighted by Gasteiger charge is 2.04. The van der Waals surface area contributed by atoms with Crippen molar-refractivity contribution in [2.45, 2.75) is 122 Å². The molecular formula is C34H65N3O8. The lowest BCUT2D eigenvalue weighted by Gasteiger charge is -2.09. The van der Waals surface area contributed by atoms with E-state index in [0.717, 1.165) is 25.5 Å². The second-order valence-electron chi connectivity index (χ2n) is 11.3. The minimum atomic E-state index is -0.207. The van der Waals surface area contributed by atoms with Gasteiger partial charge in [-0.15, -0.1) is 0 Å². The maximum Gasteiger partial charge on any atom is 0.246 e. The summed E-state index contributed by atoms with van der Waals surface area (Å²) in [5.41, 5.74) is 0. The van der Waals surface area contributed by atoms with Gasteiger partial charge >= 0.3 is 0 Å². The molecule has 264 valence electrons. The van der Waals surface area contributed by atoms with Crippen molar-refractivity contribution in [2.24, 2.45) is 0 Å². The second-order valence-corrected chi connectivity index (χ2v) is 11.3. The van der Waals surface area contributed by atoms with Crippen LogP contribution in [0.1, 0.15) is 122 Å². The summed E-state index contributed by atoms with van der Waals surface area (Å²) in [6.07, 6.45) is 20.4. The SMILES string of the molecule is CCOCCOCCNC(=O)COCCOCCNC(=O)CCCNC(=O)CCCCCCCCCCCCCCCCC=O. The van der Waals surface area contributed by atoms with Crippen LogP contribution in [0.5, 0.6) is 0 Å². The lowest BCUT2D eigenvalue weighted by atomic mass is 10.0. The van der Waals surface area contributed by atoms with Gasteiger partial charge in [-0.05, 0) is 26.2 Å². The molecule has 11 heteroatoms. The van der Waals surface area contributed by atoms with Crippen LogP contribution in [0.3, 0.4) is 0 Å². The van der Waals surface area contributed by atoms with Crippen LogP contribution >= 0.6 is 0 Å². The molecule has 0 aliphatic carbocycles. The third-order valence-corrected chi connectivity index (χ3v) is 7.20. The summed E-state index contributed by atoms with van der Waals surface area (Å²) in [7, 11) is 0. The Morgan fingerprint density at radius 1 is 0.467 bits per heavy atom. The Kier molecular flexibility index (Phi) is 34.7. The average Bonchev–Trinajstić information content (AvgIpc) is 3.03. The average molecular weight is 644 g/mol. The van der Waals surface area contributed by atoms with Gasteiger partial charge in [0.05, 0.1) is 39.6 Å². The molecule has 0 saturated carbocycles. The van der Waals surface area contributed by atoms with E-state index in [2.05, 4.69) is 16.0 Å². The predicted molar refractivity (Wildman–Crippen MR) is 177 cm³/mol. The molecule has 0 bridgehead atoms. The van der Waals surface area contributed by atoms with Crippen LogP contribution in [0.15, 0.2) is 0 Å². The third-order valence-electron chi connectivity index (χ3n) is 7.20. The van der Waals surface area contributed by atoms with Gasteiger partial charge in [0, 0.05) is 45.5 Å². The number of aldehydes is 1. The van der Waals surface area contributed by atoms with Gasteiger partial charge in [-0.2, -0.15) is 0 Å². The largest absolute Gasteiger partial charge is 0.379 e. The van der Waals surface area contributed by atoms with Crippen molar-refractivity contribution in [3.63, 3.8) is 0 Å². The lowest BCUT2D eigenvalue weighted by molar-refractivity contribution is -0.126. The highest BCUT2D eigenvalue weighted by molar-refractivity contribution is 5.77. The normalized spacial score (nSPS) is 11.0. The van der Waals surface area contributed by atoms with Crippen molar-refractivity contribution in [2.75, 3.05) is 72.5 Å². The van der Waals surface area contributed by atoms with Crippen LogP contribution in [0, 0.1) is 0 Å². The van der Waals surface area contributed by atoms with E-state index in [0.29, 0.717) is 91.6 Å². The van der Waals surface area contributed by atoms with Gasteiger partial charge in [0.15, 0.2) is 0 Å². The van der Waals surface area contributed by atoms with E-state index in [1.54, 1.807) is 0 Å². The summed E-state index contributed by atoms with van der Waals surface area (Å²) in [6, 6.07) is 0. The summed E-state index contributed by atoms with van der Waals surface area (Å²) in [4.78, 5) is 45.9. The van der Waals surface area contributed by atoms with E-state index >= 15 is 0 Å². The van der Waals surface area contributed by atoms with Crippen molar-refractivity contribution in [3.05, 3.63) is 0 Å². The fourth-order valence-corrected chi connectivity index (χ4v) is 4.61. The van der Waals surface area contributed by atoms with E-state index in [1.807, 2.05) is 6.92 Å². The van der Waals surface area contributed by atoms with Gasteiger partial charge < -0.3 is 39.7 Å². The van der Waals surface area contributed by atoms with Crippen LogP contribution in [0.4, 0.5) is 0 Å². The number of carbonyl (C=O) groups is 4. The minimum Gasteiger partial charge on any atom is -0.379 e. The molecule has 3 N–H and O–H groups in total. The Morgan fingerprint density at radius 2 is 0.889 bits per heavy atom. The second kappa shape index (κ2) is 36.4. The van der Waals surface area contributed by atoms with E-state index in [4.69, 9.17) is 18.9 Å². The Balaban J connectivity index is 3.33. The number of unbranched alkanes of at least 4 members (excludes halogenated alkanes) is 14. The zero-order chi connectivity index (χ0) is 32.9.